The lowest BCUT2D eigenvalue weighted by molar-refractivity contribution is -0.274. The van der Waals surface area contributed by atoms with Gasteiger partial charge in [0.1, 0.15) is 30.8 Å². The molecule has 1 aliphatic heterocycles. The number of hydrogen-bond donors (Lipinski definition) is 1. The summed E-state index contributed by atoms with van der Waals surface area (Å²) in [5, 5.41) is 1.73. The number of carbonyl (C=O) groups excluding carboxylic acids is 3. The van der Waals surface area contributed by atoms with Gasteiger partial charge in [0.15, 0.2) is 0 Å². The van der Waals surface area contributed by atoms with Crippen LogP contribution in [0.15, 0.2) is 54.6 Å². The molecule has 2 aromatic rings. The average molecular weight is 468 g/mol. The number of carbonyl (C=O) groups is 3. The molecule has 0 aromatic heterocycles. The van der Waals surface area contributed by atoms with Gasteiger partial charge in [0, 0.05) is 0 Å². The van der Waals surface area contributed by atoms with Gasteiger partial charge < -0.3 is 19.7 Å². The molecular weight excluding hydrogens is 449 g/mol. The molecule has 1 unspecified atom stereocenters. The number of benzene rings is 2. The Labute approximate surface area is 185 Å². The van der Waals surface area contributed by atoms with E-state index in [4.69, 9.17) is 4.74 Å². The number of hydrogen-bond acceptors (Lipinski definition) is 6. The van der Waals surface area contributed by atoms with Gasteiger partial charge >= 0.3 is 12.3 Å². The number of rotatable bonds is 8. The van der Waals surface area contributed by atoms with Gasteiger partial charge in [-0.3, -0.25) is 14.4 Å². The third-order valence-electron chi connectivity index (χ3n) is 4.33. The Morgan fingerprint density at radius 3 is 2.59 bits per heavy atom. The molecule has 32 heavy (non-hydrogen) atoms. The summed E-state index contributed by atoms with van der Waals surface area (Å²) in [5.74, 6) is -1.92. The molecule has 7 nitrogen and oxygen atoms in total. The van der Waals surface area contributed by atoms with Crippen LogP contribution in [-0.2, 0) is 25.7 Å². The van der Waals surface area contributed by atoms with Crippen LogP contribution in [0.3, 0.4) is 0 Å². The minimum atomic E-state index is -4.84. The van der Waals surface area contributed by atoms with E-state index in [0.717, 1.165) is 11.6 Å². The monoisotopic (exact) mass is 468 g/mol. The summed E-state index contributed by atoms with van der Waals surface area (Å²) in [7, 11) is 0. The fraction of sp³-hybridized carbons (Fsp3) is 0.286. The first-order valence-electron chi connectivity index (χ1n) is 9.44. The molecule has 0 radical (unpaired) electrons. The fourth-order valence-corrected chi connectivity index (χ4v) is 4.11. The Morgan fingerprint density at radius 1 is 1.12 bits per heavy atom. The fourth-order valence-electron chi connectivity index (χ4n) is 2.94. The van der Waals surface area contributed by atoms with E-state index in [2.05, 4.69) is 10.1 Å². The number of amides is 2. The molecule has 2 aromatic carbocycles. The molecular formula is C21H19F3N2O5S. The number of alkyl halides is 3. The molecule has 2 amide bonds. The second kappa shape index (κ2) is 10.4. The molecule has 1 heterocycles. The quantitative estimate of drug-likeness (QED) is 0.600. The first-order valence-corrected chi connectivity index (χ1v) is 10.5. The van der Waals surface area contributed by atoms with Crippen LogP contribution in [0.4, 0.5) is 13.2 Å². The molecule has 3 rings (SSSR count). The standard InChI is InChI=1S/C21H19F3N2O5S/c22-21(23,24)31-16-8-4-7-15(9-16)20-26(18(28)13-32-20)11-17(27)25-10-19(29)30-12-14-5-2-1-3-6-14/h1-9,20H,10-13H2,(H,25,27). The lowest BCUT2D eigenvalue weighted by Crippen LogP contribution is -2.41. The molecule has 1 N–H and O–H groups in total. The van der Waals surface area contributed by atoms with Crippen LogP contribution in [0.5, 0.6) is 5.75 Å². The summed E-state index contributed by atoms with van der Waals surface area (Å²) >= 11 is 1.18. The second-order valence-corrected chi connectivity index (χ2v) is 7.80. The van der Waals surface area contributed by atoms with Crippen LogP contribution in [0.2, 0.25) is 0 Å². The summed E-state index contributed by atoms with van der Waals surface area (Å²) in [5.41, 5.74) is 1.18. The molecule has 1 atom stereocenters. The third kappa shape index (κ3) is 6.91. The van der Waals surface area contributed by atoms with Crippen molar-refractivity contribution in [1.82, 2.24) is 10.2 Å². The SMILES string of the molecule is O=C(CN1C(=O)CSC1c1cccc(OC(F)(F)F)c1)NCC(=O)OCc1ccccc1. The summed E-state index contributed by atoms with van der Waals surface area (Å²) in [6.45, 7) is -0.664. The van der Waals surface area contributed by atoms with Crippen molar-refractivity contribution in [3.63, 3.8) is 0 Å². The van der Waals surface area contributed by atoms with Crippen LogP contribution in [0, 0.1) is 0 Å². The van der Waals surface area contributed by atoms with Gasteiger partial charge in [-0.05, 0) is 23.3 Å². The predicted molar refractivity (Wildman–Crippen MR) is 109 cm³/mol. The maximum absolute atomic E-state index is 12.5. The molecule has 1 fully saturated rings. The highest BCUT2D eigenvalue weighted by Crippen LogP contribution is 2.39. The van der Waals surface area contributed by atoms with Gasteiger partial charge in [-0.15, -0.1) is 24.9 Å². The van der Waals surface area contributed by atoms with Gasteiger partial charge in [-0.25, -0.2) is 0 Å². The van der Waals surface area contributed by atoms with Crippen molar-refractivity contribution in [2.24, 2.45) is 0 Å². The van der Waals surface area contributed by atoms with Gasteiger partial charge in [-0.1, -0.05) is 42.5 Å². The van der Waals surface area contributed by atoms with Crippen LogP contribution in [0.25, 0.3) is 0 Å². The molecule has 170 valence electrons. The highest BCUT2D eigenvalue weighted by Gasteiger charge is 2.35. The van der Waals surface area contributed by atoms with E-state index < -0.39 is 29.4 Å². The van der Waals surface area contributed by atoms with Crippen molar-refractivity contribution in [3.8, 4) is 5.75 Å². The number of nitrogens with zero attached hydrogens (tertiary/aromatic N) is 1. The van der Waals surface area contributed by atoms with Crippen molar-refractivity contribution in [1.29, 1.82) is 0 Å². The van der Waals surface area contributed by atoms with Crippen molar-refractivity contribution in [3.05, 3.63) is 65.7 Å². The first kappa shape index (κ1) is 23.5. The zero-order valence-corrected chi connectivity index (χ0v) is 17.4. The van der Waals surface area contributed by atoms with Crippen molar-refractivity contribution >= 4 is 29.5 Å². The lowest BCUT2D eigenvalue weighted by atomic mass is 10.2. The molecule has 1 saturated heterocycles. The summed E-state index contributed by atoms with van der Waals surface area (Å²) in [4.78, 5) is 37.6. The summed E-state index contributed by atoms with van der Waals surface area (Å²) in [6.07, 6.45) is -4.84. The Kier molecular flexibility index (Phi) is 7.62. The topological polar surface area (TPSA) is 84.9 Å². The first-order chi connectivity index (χ1) is 15.2. The van der Waals surface area contributed by atoms with Crippen LogP contribution in [0.1, 0.15) is 16.5 Å². The molecule has 0 bridgehead atoms. The van der Waals surface area contributed by atoms with Gasteiger partial charge in [-0.2, -0.15) is 0 Å². The van der Waals surface area contributed by atoms with Crippen LogP contribution < -0.4 is 10.1 Å². The van der Waals surface area contributed by atoms with Crippen molar-refractivity contribution < 1.29 is 37.0 Å². The predicted octanol–water partition coefficient (Wildman–Crippen LogP) is 3.02. The maximum Gasteiger partial charge on any atom is 0.573 e. The third-order valence-corrected chi connectivity index (χ3v) is 5.59. The maximum atomic E-state index is 12.5. The lowest BCUT2D eigenvalue weighted by Gasteiger charge is -2.24. The highest BCUT2D eigenvalue weighted by molar-refractivity contribution is 8.00. The van der Waals surface area contributed by atoms with Crippen molar-refractivity contribution in [2.75, 3.05) is 18.8 Å². The Hall–Kier alpha value is -3.21. The average Bonchev–Trinajstić information content (AvgIpc) is 3.10. The Bertz CT molecular complexity index is 971. The van der Waals surface area contributed by atoms with E-state index in [0.29, 0.717) is 5.56 Å². The zero-order chi connectivity index (χ0) is 23.1. The number of ether oxygens (including phenoxy) is 2. The highest BCUT2D eigenvalue weighted by atomic mass is 32.2. The smallest absolute Gasteiger partial charge is 0.460 e. The van der Waals surface area contributed by atoms with Crippen LogP contribution in [-0.4, -0.2) is 47.9 Å². The van der Waals surface area contributed by atoms with E-state index in [1.165, 1.54) is 28.8 Å². The normalized spacial score (nSPS) is 16.0. The van der Waals surface area contributed by atoms with Crippen molar-refractivity contribution in [2.45, 2.75) is 18.3 Å². The van der Waals surface area contributed by atoms with E-state index in [9.17, 15) is 27.6 Å². The molecule has 0 saturated carbocycles. The van der Waals surface area contributed by atoms with E-state index in [1.807, 2.05) is 6.07 Å². The second-order valence-electron chi connectivity index (χ2n) is 6.73. The Balaban J connectivity index is 1.53. The number of esters is 1. The number of thioether (sulfide) groups is 1. The minimum Gasteiger partial charge on any atom is -0.460 e. The Morgan fingerprint density at radius 2 is 1.88 bits per heavy atom. The number of nitrogens with one attached hydrogen (secondary N) is 1. The van der Waals surface area contributed by atoms with E-state index >= 15 is 0 Å². The molecule has 0 aliphatic carbocycles. The molecule has 11 heteroatoms. The van der Waals surface area contributed by atoms with Gasteiger partial charge in [0.2, 0.25) is 11.8 Å². The largest absolute Gasteiger partial charge is 0.573 e. The zero-order valence-electron chi connectivity index (χ0n) is 16.6. The van der Waals surface area contributed by atoms with Gasteiger partial charge in [0.25, 0.3) is 0 Å². The molecule has 1 aliphatic rings. The minimum absolute atomic E-state index is 0.0647. The number of halogens is 3. The summed E-state index contributed by atoms with van der Waals surface area (Å²) < 4.78 is 46.4. The van der Waals surface area contributed by atoms with E-state index in [1.54, 1.807) is 30.3 Å². The van der Waals surface area contributed by atoms with E-state index in [-0.39, 0.29) is 31.4 Å². The van der Waals surface area contributed by atoms with Crippen LogP contribution >= 0.6 is 11.8 Å². The summed E-state index contributed by atoms with van der Waals surface area (Å²) in [6, 6.07) is 14.3. The van der Waals surface area contributed by atoms with Gasteiger partial charge in [0.05, 0.1) is 5.75 Å². The molecule has 0 spiro atoms.